The normalized spacial score (nSPS) is 10.9. The Bertz CT molecular complexity index is 1240. The van der Waals surface area contributed by atoms with Crippen molar-refractivity contribution in [1.82, 2.24) is 0 Å². The Morgan fingerprint density at radius 1 is 0.310 bits per heavy atom. The van der Waals surface area contributed by atoms with E-state index in [4.69, 9.17) is 0 Å². The molecule has 0 radical (unpaired) electrons. The molecule has 138 valence electrons. The zero-order valence-electron chi connectivity index (χ0n) is 15.9. The van der Waals surface area contributed by atoms with E-state index in [9.17, 15) is 5.11 Å². The highest BCUT2D eigenvalue weighted by atomic mass is 16.3. The molecule has 0 aliphatic heterocycles. The van der Waals surface area contributed by atoms with E-state index in [-0.39, 0.29) is 0 Å². The Hall–Kier alpha value is -3.84. The number of benzene rings is 6. The number of hydrogen-bond donors (Lipinski definition) is 1. The van der Waals surface area contributed by atoms with E-state index in [0.29, 0.717) is 5.75 Å². The van der Waals surface area contributed by atoms with Gasteiger partial charge >= 0.3 is 0 Å². The first-order chi connectivity index (χ1) is 14.3. The number of phenolic OH excluding ortho intramolecular Hbond substituents is 1. The maximum atomic E-state index is 9.37. The van der Waals surface area contributed by atoms with Gasteiger partial charge in [0, 0.05) is 5.39 Å². The fourth-order valence-corrected chi connectivity index (χ4v) is 4.07. The van der Waals surface area contributed by atoms with Gasteiger partial charge in [-0.3, -0.25) is 0 Å². The molecule has 0 heterocycles. The molecule has 0 aliphatic rings. The zero-order chi connectivity index (χ0) is 19.6. The van der Waals surface area contributed by atoms with Gasteiger partial charge in [0.2, 0.25) is 0 Å². The highest BCUT2D eigenvalue weighted by Crippen LogP contribution is 2.34. The minimum absolute atomic E-state index is 0.350. The predicted molar refractivity (Wildman–Crippen MR) is 125 cm³/mol. The van der Waals surface area contributed by atoms with Gasteiger partial charge in [-0.05, 0) is 43.8 Å². The molecule has 6 rings (SSSR count). The highest BCUT2D eigenvalue weighted by Gasteiger charge is 2.06. The molecule has 0 bridgehead atoms. The third-order valence-electron chi connectivity index (χ3n) is 5.42. The quantitative estimate of drug-likeness (QED) is 0.271. The summed E-state index contributed by atoms with van der Waals surface area (Å²) in [6, 6.07) is 39.3. The van der Waals surface area contributed by atoms with Crippen LogP contribution in [0, 0.1) is 0 Å². The summed E-state index contributed by atoms with van der Waals surface area (Å²) in [7, 11) is 0. The lowest BCUT2D eigenvalue weighted by Gasteiger charge is -2.09. The van der Waals surface area contributed by atoms with Crippen molar-refractivity contribution in [2.24, 2.45) is 0 Å². The molecule has 0 aliphatic carbocycles. The number of aromatic hydroxyl groups is 1. The second-order valence-electron chi connectivity index (χ2n) is 7.14. The van der Waals surface area contributed by atoms with E-state index in [0.717, 1.165) is 10.8 Å². The summed E-state index contributed by atoms with van der Waals surface area (Å²) >= 11 is 0. The lowest BCUT2D eigenvalue weighted by atomic mass is 9.95. The summed E-state index contributed by atoms with van der Waals surface area (Å²) in [6.07, 6.45) is 0. The van der Waals surface area contributed by atoms with Crippen LogP contribution in [0.25, 0.3) is 43.1 Å². The maximum absolute atomic E-state index is 9.37. The van der Waals surface area contributed by atoms with Gasteiger partial charge in [-0.1, -0.05) is 109 Å². The molecule has 1 heteroatoms. The van der Waals surface area contributed by atoms with E-state index >= 15 is 0 Å². The Morgan fingerprint density at radius 3 is 1.00 bits per heavy atom. The molecular formula is C28H20O. The molecule has 1 N–H and O–H groups in total. The van der Waals surface area contributed by atoms with E-state index < -0.39 is 0 Å². The fraction of sp³-hybridized carbons (Fsp3) is 0. The monoisotopic (exact) mass is 372 g/mol. The van der Waals surface area contributed by atoms with Crippen LogP contribution < -0.4 is 0 Å². The summed E-state index contributed by atoms with van der Waals surface area (Å²) in [5.74, 6) is 0.350. The van der Waals surface area contributed by atoms with Crippen molar-refractivity contribution in [3.05, 3.63) is 115 Å². The van der Waals surface area contributed by atoms with Crippen LogP contribution in [0.5, 0.6) is 5.75 Å². The van der Waals surface area contributed by atoms with Gasteiger partial charge in [0.1, 0.15) is 5.75 Å². The maximum Gasteiger partial charge on any atom is 0.123 e. The molecule has 6 aromatic carbocycles. The third kappa shape index (κ3) is 3.07. The third-order valence-corrected chi connectivity index (χ3v) is 5.42. The molecule has 0 fully saturated rings. The minimum atomic E-state index is 0.350. The first-order valence-corrected chi connectivity index (χ1v) is 9.78. The number of hydrogen-bond acceptors (Lipinski definition) is 1. The molecule has 0 amide bonds. The molecule has 29 heavy (non-hydrogen) atoms. The van der Waals surface area contributed by atoms with Crippen molar-refractivity contribution >= 4 is 43.1 Å². The van der Waals surface area contributed by atoms with Crippen molar-refractivity contribution < 1.29 is 5.11 Å². The second-order valence-corrected chi connectivity index (χ2v) is 7.14. The van der Waals surface area contributed by atoms with Gasteiger partial charge < -0.3 is 5.11 Å². The summed E-state index contributed by atoms with van der Waals surface area (Å²) in [5, 5.41) is 19.4. The van der Waals surface area contributed by atoms with Gasteiger partial charge in [-0.2, -0.15) is 0 Å². The van der Waals surface area contributed by atoms with Crippen LogP contribution in [0.15, 0.2) is 115 Å². The summed E-state index contributed by atoms with van der Waals surface area (Å²) in [6.45, 7) is 0. The minimum Gasteiger partial charge on any atom is -0.507 e. The Labute approximate surface area is 169 Å². The van der Waals surface area contributed by atoms with Crippen molar-refractivity contribution in [2.45, 2.75) is 0 Å². The van der Waals surface area contributed by atoms with Crippen molar-refractivity contribution in [2.75, 3.05) is 0 Å². The Morgan fingerprint density at radius 2 is 0.621 bits per heavy atom. The molecule has 1 nitrogen and oxygen atoms in total. The van der Waals surface area contributed by atoms with Crippen LogP contribution in [0.2, 0.25) is 0 Å². The number of rotatable bonds is 0. The molecule has 0 saturated heterocycles. The lowest BCUT2D eigenvalue weighted by molar-refractivity contribution is 0.481. The molecule has 0 spiro atoms. The highest BCUT2D eigenvalue weighted by molar-refractivity contribution is 6.25. The molecule has 0 aromatic heterocycles. The Balaban J connectivity index is 0.000000142. The van der Waals surface area contributed by atoms with Crippen LogP contribution in [0.1, 0.15) is 0 Å². The van der Waals surface area contributed by atoms with Gasteiger partial charge in [0.15, 0.2) is 0 Å². The molecule has 0 saturated carbocycles. The van der Waals surface area contributed by atoms with Crippen molar-refractivity contribution in [3.63, 3.8) is 0 Å². The summed E-state index contributed by atoms with van der Waals surface area (Å²) in [4.78, 5) is 0. The van der Waals surface area contributed by atoms with Crippen LogP contribution >= 0.6 is 0 Å². The zero-order valence-corrected chi connectivity index (χ0v) is 15.9. The summed E-state index contributed by atoms with van der Waals surface area (Å²) in [5.41, 5.74) is 0. The average Bonchev–Trinajstić information content (AvgIpc) is 2.80. The van der Waals surface area contributed by atoms with Gasteiger partial charge in [-0.15, -0.1) is 0 Å². The number of fused-ring (bicyclic) bond motifs is 7. The fourth-order valence-electron chi connectivity index (χ4n) is 4.07. The topological polar surface area (TPSA) is 20.2 Å². The molecular weight excluding hydrogens is 352 g/mol. The first-order valence-electron chi connectivity index (χ1n) is 9.78. The van der Waals surface area contributed by atoms with Crippen molar-refractivity contribution in [1.29, 1.82) is 0 Å². The van der Waals surface area contributed by atoms with Crippen LogP contribution in [0.3, 0.4) is 0 Å². The number of phenols is 1. The van der Waals surface area contributed by atoms with Crippen molar-refractivity contribution in [3.8, 4) is 5.75 Å². The average molecular weight is 372 g/mol. The van der Waals surface area contributed by atoms with E-state index in [1.54, 1.807) is 6.07 Å². The largest absolute Gasteiger partial charge is 0.507 e. The van der Waals surface area contributed by atoms with Crippen LogP contribution in [0.4, 0.5) is 0 Å². The molecule has 6 aromatic rings. The first kappa shape index (κ1) is 17.3. The predicted octanol–water partition coefficient (Wildman–Crippen LogP) is 7.69. The van der Waals surface area contributed by atoms with E-state index in [1.807, 2.05) is 36.4 Å². The SMILES string of the molecule is Oc1cccc2ccccc12.c1ccc2c(c1)c1ccccc1c1ccccc21. The van der Waals surface area contributed by atoms with Gasteiger partial charge in [0.05, 0.1) is 0 Å². The lowest BCUT2D eigenvalue weighted by Crippen LogP contribution is -1.81. The smallest absolute Gasteiger partial charge is 0.123 e. The van der Waals surface area contributed by atoms with Gasteiger partial charge in [-0.25, -0.2) is 0 Å². The second kappa shape index (κ2) is 7.29. The standard InChI is InChI=1S/C18H12.C10H8O/c1-2-8-14-13(7-1)15-9-3-4-11-17(15)18-12-6-5-10-16(14)18;11-10-7-3-5-8-4-1-2-6-9(8)10/h1-12H;1-7,11H. The Kier molecular flexibility index (Phi) is 4.34. The summed E-state index contributed by atoms with van der Waals surface area (Å²) < 4.78 is 0. The van der Waals surface area contributed by atoms with E-state index in [2.05, 4.69) is 72.8 Å². The molecule has 0 unspecified atom stereocenters. The van der Waals surface area contributed by atoms with Gasteiger partial charge in [0.25, 0.3) is 0 Å². The van der Waals surface area contributed by atoms with Crippen LogP contribution in [-0.2, 0) is 0 Å². The van der Waals surface area contributed by atoms with E-state index in [1.165, 1.54) is 32.3 Å². The van der Waals surface area contributed by atoms with Crippen LogP contribution in [-0.4, -0.2) is 5.11 Å². The molecule has 0 atom stereocenters.